The molecule has 7 heteroatoms. The molecule has 0 bridgehead atoms. The minimum absolute atomic E-state index is 0.170. The first-order valence-electron chi connectivity index (χ1n) is 4.48. The van der Waals surface area contributed by atoms with Gasteiger partial charge in [0.25, 0.3) is 0 Å². The summed E-state index contributed by atoms with van der Waals surface area (Å²) in [6.07, 6.45) is 1.32. The van der Waals surface area contributed by atoms with Crippen molar-refractivity contribution in [3.63, 3.8) is 0 Å². The van der Waals surface area contributed by atoms with Gasteiger partial charge >= 0.3 is 11.9 Å². The van der Waals surface area contributed by atoms with Gasteiger partial charge in [0.2, 0.25) is 0 Å². The SMILES string of the molecule is CCOC(=O)C(=O)NC(C)c1ncn[nH]1. The van der Waals surface area contributed by atoms with E-state index in [0.717, 1.165) is 0 Å². The molecule has 1 aromatic rings. The van der Waals surface area contributed by atoms with Crippen LogP contribution in [0.25, 0.3) is 0 Å². The van der Waals surface area contributed by atoms with Gasteiger partial charge in [0.05, 0.1) is 12.6 Å². The highest BCUT2D eigenvalue weighted by Gasteiger charge is 2.18. The fraction of sp³-hybridized carbons (Fsp3) is 0.500. The first kappa shape index (κ1) is 11.2. The molecule has 82 valence electrons. The third kappa shape index (κ3) is 3.04. The Morgan fingerprint density at radius 2 is 2.40 bits per heavy atom. The minimum Gasteiger partial charge on any atom is -0.459 e. The second kappa shape index (κ2) is 5.08. The van der Waals surface area contributed by atoms with Crippen LogP contribution in [-0.4, -0.2) is 33.7 Å². The molecule has 1 heterocycles. The third-order valence-electron chi connectivity index (χ3n) is 1.65. The molecule has 0 aliphatic heterocycles. The van der Waals surface area contributed by atoms with Crippen LogP contribution >= 0.6 is 0 Å². The zero-order chi connectivity index (χ0) is 11.3. The summed E-state index contributed by atoms with van der Waals surface area (Å²) in [7, 11) is 0. The van der Waals surface area contributed by atoms with Gasteiger partial charge in [-0.2, -0.15) is 5.10 Å². The number of carbonyl (C=O) groups is 2. The third-order valence-corrected chi connectivity index (χ3v) is 1.65. The second-order valence-corrected chi connectivity index (χ2v) is 2.79. The fourth-order valence-corrected chi connectivity index (χ4v) is 0.944. The van der Waals surface area contributed by atoms with Gasteiger partial charge < -0.3 is 10.1 Å². The van der Waals surface area contributed by atoms with E-state index in [1.54, 1.807) is 13.8 Å². The van der Waals surface area contributed by atoms with Crippen LogP contribution in [0, 0.1) is 0 Å². The van der Waals surface area contributed by atoms with Gasteiger partial charge in [0, 0.05) is 0 Å². The number of rotatable bonds is 3. The van der Waals surface area contributed by atoms with E-state index in [9.17, 15) is 9.59 Å². The summed E-state index contributed by atoms with van der Waals surface area (Å²) >= 11 is 0. The first-order valence-corrected chi connectivity index (χ1v) is 4.48. The number of H-pyrrole nitrogens is 1. The summed E-state index contributed by atoms with van der Waals surface area (Å²) in [6, 6.07) is -0.413. The van der Waals surface area contributed by atoms with Gasteiger partial charge in [0.15, 0.2) is 0 Å². The number of aromatic amines is 1. The van der Waals surface area contributed by atoms with Crippen LogP contribution in [0.2, 0.25) is 0 Å². The minimum atomic E-state index is -0.899. The largest absolute Gasteiger partial charge is 0.459 e. The Morgan fingerprint density at radius 3 is 2.93 bits per heavy atom. The van der Waals surface area contributed by atoms with E-state index in [-0.39, 0.29) is 6.61 Å². The van der Waals surface area contributed by atoms with Crippen LogP contribution in [0.5, 0.6) is 0 Å². The van der Waals surface area contributed by atoms with E-state index in [1.807, 2.05) is 0 Å². The van der Waals surface area contributed by atoms with Crippen LogP contribution < -0.4 is 5.32 Å². The highest BCUT2D eigenvalue weighted by atomic mass is 16.5. The summed E-state index contributed by atoms with van der Waals surface area (Å²) in [5.41, 5.74) is 0. The highest BCUT2D eigenvalue weighted by Crippen LogP contribution is 2.03. The number of nitrogens with one attached hydrogen (secondary N) is 2. The smallest absolute Gasteiger partial charge is 0.396 e. The molecular weight excluding hydrogens is 200 g/mol. The predicted octanol–water partition coefficient (Wildman–Crippen LogP) is -0.455. The van der Waals surface area contributed by atoms with E-state index < -0.39 is 17.9 Å². The molecule has 15 heavy (non-hydrogen) atoms. The van der Waals surface area contributed by atoms with Gasteiger partial charge in [-0.05, 0) is 13.8 Å². The van der Waals surface area contributed by atoms with Gasteiger partial charge in [-0.25, -0.2) is 9.78 Å². The number of hydrogen-bond donors (Lipinski definition) is 2. The average Bonchev–Trinajstić information content (AvgIpc) is 2.70. The molecule has 0 aliphatic rings. The number of esters is 1. The number of nitrogens with zero attached hydrogens (tertiary/aromatic N) is 2. The monoisotopic (exact) mass is 212 g/mol. The molecule has 0 radical (unpaired) electrons. The molecule has 0 saturated carbocycles. The van der Waals surface area contributed by atoms with Gasteiger partial charge in [0.1, 0.15) is 12.2 Å². The van der Waals surface area contributed by atoms with E-state index in [4.69, 9.17) is 0 Å². The van der Waals surface area contributed by atoms with E-state index in [0.29, 0.717) is 5.82 Å². The Balaban J connectivity index is 2.48. The Kier molecular flexibility index (Phi) is 3.78. The Hall–Kier alpha value is -1.92. The predicted molar refractivity (Wildman–Crippen MR) is 49.6 cm³/mol. The van der Waals surface area contributed by atoms with Crippen molar-refractivity contribution >= 4 is 11.9 Å². The first-order chi connectivity index (χ1) is 7.15. The van der Waals surface area contributed by atoms with Crippen molar-refractivity contribution in [2.75, 3.05) is 6.61 Å². The van der Waals surface area contributed by atoms with Crippen LogP contribution in [0.1, 0.15) is 25.7 Å². The Morgan fingerprint density at radius 1 is 1.67 bits per heavy atom. The van der Waals surface area contributed by atoms with Crippen molar-refractivity contribution in [3.05, 3.63) is 12.2 Å². The van der Waals surface area contributed by atoms with Crippen molar-refractivity contribution < 1.29 is 14.3 Å². The van der Waals surface area contributed by atoms with E-state index in [2.05, 4.69) is 25.2 Å². The number of carbonyl (C=O) groups excluding carboxylic acids is 2. The summed E-state index contributed by atoms with van der Waals surface area (Å²) in [5, 5.41) is 8.63. The fourth-order valence-electron chi connectivity index (χ4n) is 0.944. The lowest BCUT2D eigenvalue weighted by Crippen LogP contribution is -2.34. The molecule has 1 unspecified atom stereocenters. The molecule has 7 nitrogen and oxygen atoms in total. The molecule has 0 saturated heterocycles. The van der Waals surface area contributed by atoms with Gasteiger partial charge in [-0.3, -0.25) is 9.89 Å². The summed E-state index contributed by atoms with van der Waals surface area (Å²) in [5.74, 6) is -1.21. The van der Waals surface area contributed by atoms with Crippen molar-refractivity contribution in [2.24, 2.45) is 0 Å². The lowest BCUT2D eigenvalue weighted by molar-refractivity contribution is -0.154. The number of amides is 1. The molecule has 0 aromatic carbocycles. The average molecular weight is 212 g/mol. The van der Waals surface area contributed by atoms with Crippen LogP contribution in [0.15, 0.2) is 6.33 Å². The van der Waals surface area contributed by atoms with Crippen LogP contribution in [0.3, 0.4) is 0 Å². The second-order valence-electron chi connectivity index (χ2n) is 2.79. The van der Waals surface area contributed by atoms with Gasteiger partial charge in [-0.15, -0.1) is 0 Å². The zero-order valence-electron chi connectivity index (χ0n) is 8.48. The summed E-state index contributed by atoms with van der Waals surface area (Å²) < 4.78 is 4.52. The molecule has 0 aliphatic carbocycles. The van der Waals surface area contributed by atoms with Crippen molar-refractivity contribution in [3.8, 4) is 0 Å². The molecule has 0 fully saturated rings. The number of ether oxygens (including phenoxy) is 1. The standard InChI is InChI=1S/C8H12N4O3/c1-3-15-8(14)7(13)11-5(2)6-9-4-10-12-6/h4-5H,3H2,1-2H3,(H,11,13)(H,9,10,12). The zero-order valence-corrected chi connectivity index (χ0v) is 8.48. The molecule has 1 amide bonds. The molecule has 0 spiro atoms. The lowest BCUT2D eigenvalue weighted by atomic mass is 10.3. The molecule has 1 atom stereocenters. The summed E-state index contributed by atoms with van der Waals surface area (Å²) in [6.45, 7) is 3.48. The molecular formula is C8H12N4O3. The maximum Gasteiger partial charge on any atom is 0.396 e. The topological polar surface area (TPSA) is 97.0 Å². The van der Waals surface area contributed by atoms with Crippen molar-refractivity contribution in [1.29, 1.82) is 0 Å². The lowest BCUT2D eigenvalue weighted by Gasteiger charge is -2.09. The van der Waals surface area contributed by atoms with Crippen molar-refractivity contribution in [2.45, 2.75) is 19.9 Å². The quantitative estimate of drug-likeness (QED) is 0.522. The van der Waals surface area contributed by atoms with Gasteiger partial charge in [-0.1, -0.05) is 0 Å². The molecule has 2 N–H and O–H groups in total. The maximum absolute atomic E-state index is 11.2. The maximum atomic E-state index is 11.2. The van der Waals surface area contributed by atoms with E-state index >= 15 is 0 Å². The van der Waals surface area contributed by atoms with Crippen molar-refractivity contribution in [1.82, 2.24) is 20.5 Å². The van der Waals surface area contributed by atoms with E-state index in [1.165, 1.54) is 6.33 Å². The van der Waals surface area contributed by atoms with Crippen LogP contribution in [-0.2, 0) is 14.3 Å². The van der Waals surface area contributed by atoms with Crippen LogP contribution in [0.4, 0.5) is 0 Å². The molecule has 1 aromatic heterocycles. The normalized spacial score (nSPS) is 11.9. The Bertz CT molecular complexity index is 336. The number of hydrogen-bond acceptors (Lipinski definition) is 5. The number of aromatic nitrogens is 3. The Labute approximate surface area is 86.2 Å². The highest BCUT2D eigenvalue weighted by molar-refractivity contribution is 6.32. The molecule has 1 rings (SSSR count). The summed E-state index contributed by atoms with van der Waals surface area (Å²) in [4.78, 5) is 26.0.